The minimum absolute atomic E-state index is 0.516. The van der Waals surface area contributed by atoms with Crippen LogP contribution in [-0.4, -0.2) is 16.6 Å². The van der Waals surface area contributed by atoms with E-state index in [4.69, 9.17) is 9.15 Å². The molecule has 19 heavy (non-hydrogen) atoms. The van der Waals surface area contributed by atoms with Crippen LogP contribution >= 0.6 is 0 Å². The summed E-state index contributed by atoms with van der Waals surface area (Å²) in [4.78, 5) is 8.66. The van der Waals surface area contributed by atoms with E-state index in [0.717, 1.165) is 5.56 Å². The average Bonchev–Trinajstić information content (AvgIpc) is 2.84. The number of aryl methyl sites for hydroxylation is 1. The molecule has 0 saturated heterocycles. The van der Waals surface area contributed by atoms with E-state index in [2.05, 4.69) is 9.97 Å². The van der Waals surface area contributed by atoms with Gasteiger partial charge in [-0.25, -0.2) is 9.97 Å². The molecule has 0 bridgehead atoms. The fourth-order valence-electron chi connectivity index (χ4n) is 1.98. The van der Waals surface area contributed by atoms with Gasteiger partial charge in [-0.1, -0.05) is 17.7 Å². The third-order valence-electron chi connectivity index (χ3n) is 2.82. The largest absolute Gasteiger partial charge is 0.476 e. The highest BCUT2D eigenvalue weighted by atomic mass is 16.5. The Morgan fingerprint density at radius 2 is 2.16 bits per heavy atom. The van der Waals surface area contributed by atoms with Crippen LogP contribution in [0.3, 0.4) is 0 Å². The molecule has 4 nitrogen and oxygen atoms in total. The smallest absolute Gasteiger partial charge is 0.243 e. The molecule has 0 unspecified atom stereocenters. The molecule has 0 saturated carbocycles. The Morgan fingerprint density at radius 1 is 1.26 bits per heavy atom. The number of ether oxygens (including phenoxy) is 1. The maximum Gasteiger partial charge on any atom is 0.243 e. The summed E-state index contributed by atoms with van der Waals surface area (Å²) in [5.74, 6) is 1.11. The Kier molecular flexibility index (Phi) is 2.91. The van der Waals surface area contributed by atoms with Gasteiger partial charge in [-0.2, -0.15) is 0 Å². The van der Waals surface area contributed by atoms with E-state index in [1.807, 2.05) is 38.1 Å². The number of aromatic nitrogens is 2. The maximum absolute atomic E-state index is 5.76. The van der Waals surface area contributed by atoms with Crippen molar-refractivity contribution in [3.05, 3.63) is 42.1 Å². The maximum atomic E-state index is 5.76. The molecular formula is C15H14N2O2. The quantitative estimate of drug-likeness (QED) is 0.716. The number of benzene rings is 1. The van der Waals surface area contributed by atoms with Crippen molar-refractivity contribution in [1.82, 2.24) is 9.97 Å². The van der Waals surface area contributed by atoms with Crippen LogP contribution in [0.2, 0.25) is 0 Å². The predicted octanol–water partition coefficient (Wildman–Crippen LogP) is 3.60. The van der Waals surface area contributed by atoms with Gasteiger partial charge < -0.3 is 9.15 Å². The Bertz CT molecular complexity index is 719. The number of fused-ring (bicyclic) bond motifs is 1. The molecule has 4 heteroatoms. The third kappa shape index (κ3) is 2.17. The van der Waals surface area contributed by atoms with Crippen molar-refractivity contribution in [2.24, 2.45) is 0 Å². The van der Waals surface area contributed by atoms with E-state index >= 15 is 0 Å². The summed E-state index contributed by atoms with van der Waals surface area (Å²) in [7, 11) is 0. The lowest BCUT2D eigenvalue weighted by molar-refractivity contribution is 0.330. The Balaban J connectivity index is 2.14. The zero-order valence-corrected chi connectivity index (χ0v) is 10.9. The number of hydrogen-bond acceptors (Lipinski definition) is 4. The highest BCUT2D eigenvalue weighted by molar-refractivity contribution is 5.80. The molecule has 0 aliphatic carbocycles. The molecule has 0 aliphatic heterocycles. The fourth-order valence-corrected chi connectivity index (χ4v) is 1.98. The van der Waals surface area contributed by atoms with Crippen molar-refractivity contribution in [2.75, 3.05) is 6.61 Å². The molecule has 0 fully saturated rings. The lowest BCUT2D eigenvalue weighted by Crippen LogP contribution is -1.94. The van der Waals surface area contributed by atoms with Crippen LogP contribution in [0, 0.1) is 6.92 Å². The molecule has 0 spiro atoms. The molecule has 96 valence electrons. The minimum Gasteiger partial charge on any atom is -0.476 e. The summed E-state index contributed by atoms with van der Waals surface area (Å²) in [5.41, 5.74) is 3.48. The summed E-state index contributed by atoms with van der Waals surface area (Å²) in [6.07, 6.45) is 1.67. The molecule has 0 N–H and O–H groups in total. The van der Waals surface area contributed by atoms with E-state index in [0.29, 0.717) is 29.5 Å². The Hall–Kier alpha value is -2.36. The van der Waals surface area contributed by atoms with Gasteiger partial charge in [-0.15, -0.1) is 0 Å². The molecule has 2 aromatic heterocycles. The lowest BCUT2D eigenvalue weighted by Gasteiger charge is -1.99. The van der Waals surface area contributed by atoms with Crippen molar-refractivity contribution in [1.29, 1.82) is 0 Å². The molecule has 3 rings (SSSR count). The van der Waals surface area contributed by atoms with Crippen LogP contribution < -0.4 is 4.74 Å². The van der Waals surface area contributed by atoms with Gasteiger partial charge in [0.1, 0.15) is 0 Å². The highest BCUT2D eigenvalue weighted by Gasteiger charge is 2.13. The number of hydrogen-bond donors (Lipinski definition) is 0. The van der Waals surface area contributed by atoms with E-state index in [1.165, 1.54) is 5.56 Å². The van der Waals surface area contributed by atoms with Gasteiger partial charge in [-0.05, 0) is 26.0 Å². The van der Waals surface area contributed by atoms with Gasteiger partial charge in [0.2, 0.25) is 11.8 Å². The Labute approximate surface area is 111 Å². The normalized spacial score (nSPS) is 10.8. The van der Waals surface area contributed by atoms with E-state index < -0.39 is 0 Å². The first-order valence-electron chi connectivity index (χ1n) is 6.23. The second kappa shape index (κ2) is 4.72. The highest BCUT2D eigenvalue weighted by Crippen LogP contribution is 2.28. The molecule has 0 amide bonds. The summed E-state index contributed by atoms with van der Waals surface area (Å²) in [6.45, 7) is 4.51. The summed E-state index contributed by atoms with van der Waals surface area (Å²) in [5, 5.41) is 0. The number of oxazole rings is 1. The van der Waals surface area contributed by atoms with Gasteiger partial charge >= 0.3 is 0 Å². The zero-order chi connectivity index (χ0) is 13.2. The van der Waals surface area contributed by atoms with Crippen LogP contribution in [0.5, 0.6) is 5.88 Å². The molecule has 3 aromatic rings. The first-order chi connectivity index (χ1) is 9.28. The number of pyridine rings is 1. The van der Waals surface area contributed by atoms with E-state index in [1.54, 1.807) is 12.3 Å². The summed E-state index contributed by atoms with van der Waals surface area (Å²) < 4.78 is 11.2. The van der Waals surface area contributed by atoms with Gasteiger partial charge in [-0.3, -0.25) is 0 Å². The van der Waals surface area contributed by atoms with Gasteiger partial charge in [0.05, 0.1) is 6.61 Å². The minimum atomic E-state index is 0.516. The summed E-state index contributed by atoms with van der Waals surface area (Å²) in [6, 6.07) is 9.84. The van der Waals surface area contributed by atoms with E-state index in [9.17, 15) is 0 Å². The van der Waals surface area contributed by atoms with Crippen LogP contribution in [0.15, 0.2) is 40.9 Å². The zero-order valence-electron chi connectivity index (χ0n) is 10.9. The van der Waals surface area contributed by atoms with Crippen molar-refractivity contribution >= 4 is 11.1 Å². The second-order valence-electron chi connectivity index (χ2n) is 4.28. The van der Waals surface area contributed by atoms with Crippen LogP contribution in [0.4, 0.5) is 0 Å². The topological polar surface area (TPSA) is 48.2 Å². The van der Waals surface area contributed by atoms with Crippen LogP contribution in [-0.2, 0) is 0 Å². The molecule has 1 aromatic carbocycles. The van der Waals surface area contributed by atoms with Gasteiger partial charge in [0, 0.05) is 17.8 Å². The molecule has 0 aliphatic rings. The SMILES string of the molecule is CCOc1nccc2oc(-c3cccc(C)c3)nc12. The summed E-state index contributed by atoms with van der Waals surface area (Å²) >= 11 is 0. The van der Waals surface area contributed by atoms with Crippen LogP contribution in [0.1, 0.15) is 12.5 Å². The molecule has 2 heterocycles. The van der Waals surface area contributed by atoms with Crippen LogP contribution in [0.25, 0.3) is 22.6 Å². The number of rotatable bonds is 3. The monoisotopic (exact) mass is 254 g/mol. The molecule has 0 atom stereocenters. The van der Waals surface area contributed by atoms with Gasteiger partial charge in [0.15, 0.2) is 11.1 Å². The average molecular weight is 254 g/mol. The predicted molar refractivity (Wildman–Crippen MR) is 73.1 cm³/mol. The first-order valence-corrected chi connectivity index (χ1v) is 6.23. The van der Waals surface area contributed by atoms with E-state index in [-0.39, 0.29) is 0 Å². The molecule has 0 radical (unpaired) electrons. The van der Waals surface area contributed by atoms with Gasteiger partial charge in [0.25, 0.3) is 0 Å². The van der Waals surface area contributed by atoms with Crippen molar-refractivity contribution in [2.45, 2.75) is 13.8 Å². The fraction of sp³-hybridized carbons (Fsp3) is 0.200. The number of nitrogens with zero attached hydrogens (tertiary/aromatic N) is 2. The standard InChI is InChI=1S/C15H14N2O2/c1-3-18-15-13-12(7-8-16-15)19-14(17-13)11-6-4-5-10(2)9-11/h4-9H,3H2,1-2H3. The van der Waals surface area contributed by atoms with Crippen molar-refractivity contribution in [3.63, 3.8) is 0 Å². The third-order valence-corrected chi connectivity index (χ3v) is 2.82. The first kappa shape index (κ1) is 11.7. The van der Waals surface area contributed by atoms with Crippen molar-refractivity contribution < 1.29 is 9.15 Å². The Morgan fingerprint density at radius 3 is 2.95 bits per heavy atom. The van der Waals surface area contributed by atoms with Crippen molar-refractivity contribution in [3.8, 4) is 17.3 Å². The molecular weight excluding hydrogens is 240 g/mol. The lowest BCUT2D eigenvalue weighted by atomic mass is 10.1. The second-order valence-corrected chi connectivity index (χ2v) is 4.28.